The van der Waals surface area contributed by atoms with Crippen LogP contribution in [0.4, 0.5) is 0 Å². The lowest BCUT2D eigenvalue weighted by atomic mass is 9.63. The van der Waals surface area contributed by atoms with E-state index in [1.807, 2.05) is 6.92 Å². The summed E-state index contributed by atoms with van der Waals surface area (Å²) in [6.45, 7) is 4.15. The number of hydrogen-bond donors (Lipinski definition) is 1. The van der Waals surface area contributed by atoms with Crippen molar-refractivity contribution in [3.8, 4) is 0 Å². The number of carbonyl (C=O) groups is 1. The van der Waals surface area contributed by atoms with Gasteiger partial charge in [0.05, 0.1) is 6.10 Å². The summed E-state index contributed by atoms with van der Waals surface area (Å²) in [6, 6.07) is 0. The highest BCUT2D eigenvalue weighted by Gasteiger charge is 2.40. The van der Waals surface area contributed by atoms with E-state index in [9.17, 15) is 9.90 Å². The third-order valence-electron chi connectivity index (χ3n) is 3.92. The quantitative estimate of drug-likeness (QED) is 0.642. The van der Waals surface area contributed by atoms with E-state index in [1.165, 1.54) is 5.57 Å². The summed E-state index contributed by atoms with van der Waals surface area (Å²) in [5.41, 5.74) is 2.40. The van der Waals surface area contributed by atoms with E-state index >= 15 is 0 Å². The Bertz CT molecular complexity index is 303. The lowest BCUT2D eigenvalue weighted by Gasteiger charge is -2.42. The zero-order valence-electron chi connectivity index (χ0n) is 8.97. The molecule has 2 atom stereocenters. The van der Waals surface area contributed by atoms with Gasteiger partial charge in [-0.2, -0.15) is 0 Å². The zero-order chi connectivity index (χ0) is 10.3. The lowest BCUT2D eigenvalue weighted by Crippen LogP contribution is -2.35. The Balaban J connectivity index is 2.37. The summed E-state index contributed by atoms with van der Waals surface area (Å²) in [6.07, 6.45) is 4.01. The molecule has 0 radical (unpaired) electrons. The molecule has 0 spiro atoms. The average molecular weight is 194 g/mol. The van der Waals surface area contributed by atoms with Gasteiger partial charge in [0.15, 0.2) is 5.78 Å². The number of Topliss-reactive ketones (excluding diaryl/α,β-unsaturated/α-hetero) is 1. The Morgan fingerprint density at radius 2 is 2.14 bits per heavy atom. The van der Waals surface area contributed by atoms with E-state index in [0.717, 1.165) is 31.3 Å². The Kier molecular flexibility index (Phi) is 2.26. The monoisotopic (exact) mass is 194 g/mol. The van der Waals surface area contributed by atoms with Crippen molar-refractivity contribution in [1.82, 2.24) is 0 Å². The van der Waals surface area contributed by atoms with Crippen LogP contribution in [0.2, 0.25) is 0 Å². The van der Waals surface area contributed by atoms with Crippen molar-refractivity contribution in [2.45, 2.75) is 52.1 Å². The molecule has 0 aromatic heterocycles. The molecule has 1 N–H and O–H groups in total. The van der Waals surface area contributed by atoms with E-state index < -0.39 is 0 Å². The molecule has 2 nitrogen and oxygen atoms in total. The number of aliphatic hydroxyl groups is 1. The van der Waals surface area contributed by atoms with Gasteiger partial charge in [-0.1, -0.05) is 12.5 Å². The molecule has 0 aliphatic heterocycles. The average Bonchev–Trinajstić information content (AvgIpc) is 2.12. The highest BCUT2D eigenvalue weighted by molar-refractivity contribution is 5.96. The molecule has 0 saturated heterocycles. The normalized spacial score (nSPS) is 38.5. The Hall–Kier alpha value is -0.630. The van der Waals surface area contributed by atoms with E-state index in [0.29, 0.717) is 12.2 Å². The predicted molar refractivity (Wildman–Crippen MR) is 54.9 cm³/mol. The van der Waals surface area contributed by atoms with Gasteiger partial charge in [0, 0.05) is 6.42 Å². The molecule has 0 unspecified atom stereocenters. The van der Waals surface area contributed by atoms with Crippen molar-refractivity contribution >= 4 is 5.78 Å². The van der Waals surface area contributed by atoms with Crippen LogP contribution in [-0.2, 0) is 4.79 Å². The molecule has 0 heterocycles. The van der Waals surface area contributed by atoms with Gasteiger partial charge in [-0.15, -0.1) is 0 Å². The van der Waals surface area contributed by atoms with Gasteiger partial charge in [-0.3, -0.25) is 4.79 Å². The maximum absolute atomic E-state index is 11.6. The fraction of sp³-hybridized carbons (Fsp3) is 0.750. The molecule has 1 fully saturated rings. The van der Waals surface area contributed by atoms with Crippen molar-refractivity contribution in [3.63, 3.8) is 0 Å². The second-order valence-electron chi connectivity index (χ2n) is 4.98. The first-order chi connectivity index (χ1) is 6.53. The second kappa shape index (κ2) is 3.20. The minimum Gasteiger partial charge on any atom is -0.393 e. The molecule has 2 aliphatic carbocycles. The summed E-state index contributed by atoms with van der Waals surface area (Å²) in [5.74, 6) is 0.314. The molecule has 0 aromatic carbocycles. The van der Waals surface area contributed by atoms with E-state index in [-0.39, 0.29) is 11.5 Å². The van der Waals surface area contributed by atoms with Crippen LogP contribution in [0.5, 0.6) is 0 Å². The van der Waals surface area contributed by atoms with Crippen molar-refractivity contribution < 1.29 is 9.90 Å². The summed E-state index contributed by atoms with van der Waals surface area (Å²) in [7, 11) is 0. The SMILES string of the molecule is CC1=C2CC[C@@H](O)C[C@@]2(C)CCC1=O. The summed E-state index contributed by atoms with van der Waals surface area (Å²) >= 11 is 0. The standard InChI is InChI=1S/C12H18O2/c1-8-10-4-3-9(13)7-12(10,2)6-5-11(8)14/h9,13H,3-7H2,1-2H3/t9-,12-/m1/s1. The number of rotatable bonds is 0. The first kappa shape index (κ1) is 9.91. The Morgan fingerprint density at radius 1 is 1.43 bits per heavy atom. The second-order valence-corrected chi connectivity index (χ2v) is 4.98. The van der Waals surface area contributed by atoms with E-state index in [4.69, 9.17) is 0 Å². The first-order valence-electron chi connectivity index (χ1n) is 5.44. The minimum absolute atomic E-state index is 0.107. The Morgan fingerprint density at radius 3 is 2.86 bits per heavy atom. The maximum Gasteiger partial charge on any atom is 0.158 e. The number of allylic oxidation sites excluding steroid dienone is 2. The molecule has 2 heteroatoms. The number of fused-ring (bicyclic) bond motifs is 1. The molecule has 78 valence electrons. The minimum atomic E-state index is -0.162. The highest BCUT2D eigenvalue weighted by atomic mass is 16.3. The van der Waals surface area contributed by atoms with Gasteiger partial charge in [0.1, 0.15) is 0 Å². The fourth-order valence-corrected chi connectivity index (χ4v) is 3.00. The smallest absolute Gasteiger partial charge is 0.158 e. The van der Waals surface area contributed by atoms with Crippen molar-refractivity contribution in [2.75, 3.05) is 0 Å². The van der Waals surface area contributed by atoms with E-state index in [1.54, 1.807) is 0 Å². The third-order valence-corrected chi connectivity index (χ3v) is 3.92. The summed E-state index contributed by atoms with van der Waals surface area (Å²) in [4.78, 5) is 11.6. The third kappa shape index (κ3) is 1.42. The van der Waals surface area contributed by atoms with Gasteiger partial charge in [0.2, 0.25) is 0 Å². The summed E-state index contributed by atoms with van der Waals surface area (Å²) in [5, 5.41) is 9.66. The van der Waals surface area contributed by atoms with Crippen LogP contribution in [-0.4, -0.2) is 17.0 Å². The van der Waals surface area contributed by atoms with Crippen molar-refractivity contribution in [2.24, 2.45) is 5.41 Å². The largest absolute Gasteiger partial charge is 0.393 e. The Labute approximate surface area is 85.0 Å². The van der Waals surface area contributed by atoms with Crippen molar-refractivity contribution in [3.05, 3.63) is 11.1 Å². The zero-order valence-corrected chi connectivity index (χ0v) is 8.97. The fourth-order valence-electron chi connectivity index (χ4n) is 3.00. The molecule has 2 rings (SSSR count). The lowest BCUT2D eigenvalue weighted by molar-refractivity contribution is -0.117. The van der Waals surface area contributed by atoms with Crippen LogP contribution in [0.3, 0.4) is 0 Å². The molecule has 2 aliphatic rings. The van der Waals surface area contributed by atoms with Crippen LogP contribution in [0.25, 0.3) is 0 Å². The summed E-state index contributed by atoms with van der Waals surface area (Å²) < 4.78 is 0. The van der Waals surface area contributed by atoms with Crippen LogP contribution in [0, 0.1) is 5.41 Å². The molecule has 0 bridgehead atoms. The number of hydrogen-bond acceptors (Lipinski definition) is 2. The van der Waals surface area contributed by atoms with Crippen LogP contribution in [0.15, 0.2) is 11.1 Å². The highest BCUT2D eigenvalue weighted by Crippen LogP contribution is 2.48. The molecule has 14 heavy (non-hydrogen) atoms. The van der Waals surface area contributed by atoms with Gasteiger partial charge >= 0.3 is 0 Å². The molecule has 0 aromatic rings. The first-order valence-corrected chi connectivity index (χ1v) is 5.44. The molecule has 1 saturated carbocycles. The van der Waals surface area contributed by atoms with Gasteiger partial charge in [0.25, 0.3) is 0 Å². The van der Waals surface area contributed by atoms with Crippen molar-refractivity contribution in [1.29, 1.82) is 0 Å². The predicted octanol–water partition coefficient (Wildman–Crippen LogP) is 2.22. The van der Waals surface area contributed by atoms with E-state index in [2.05, 4.69) is 6.92 Å². The van der Waals surface area contributed by atoms with Crippen LogP contribution < -0.4 is 0 Å². The number of ketones is 1. The van der Waals surface area contributed by atoms with Crippen LogP contribution in [0.1, 0.15) is 46.0 Å². The van der Waals surface area contributed by atoms with Gasteiger partial charge in [-0.05, 0) is 43.6 Å². The number of carbonyl (C=O) groups excluding carboxylic acids is 1. The number of aliphatic hydroxyl groups excluding tert-OH is 1. The van der Waals surface area contributed by atoms with Gasteiger partial charge in [-0.25, -0.2) is 0 Å². The maximum atomic E-state index is 11.6. The molecular formula is C12H18O2. The molecule has 0 amide bonds. The van der Waals surface area contributed by atoms with Crippen LogP contribution >= 0.6 is 0 Å². The molecular weight excluding hydrogens is 176 g/mol. The van der Waals surface area contributed by atoms with Gasteiger partial charge < -0.3 is 5.11 Å². The topological polar surface area (TPSA) is 37.3 Å².